The van der Waals surface area contributed by atoms with Crippen molar-refractivity contribution in [2.24, 2.45) is 11.6 Å². The van der Waals surface area contributed by atoms with Crippen molar-refractivity contribution in [2.75, 3.05) is 0 Å². The lowest BCUT2D eigenvalue weighted by Gasteiger charge is -2.19. The number of aromatic nitrogens is 3. The maximum atomic E-state index is 6.42. The first-order valence-corrected chi connectivity index (χ1v) is 13.8. The lowest BCUT2D eigenvalue weighted by Crippen LogP contribution is -2.35. The van der Waals surface area contributed by atoms with Crippen molar-refractivity contribution in [2.45, 2.75) is 19.6 Å². The Morgan fingerprint density at radius 3 is 2.12 bits per heavy atom. The van der Waals surface area contributed by atoms with Crippen LogP contribution in [-0.2, 0) is 19.6 Å². The summed E-state index contributed by atoms with van der Waals surface area (Å²) < 4.78 is 1.86. The Bertz CT molecular complexity index is 1680. The molecule has 6 N–H and O–H groups in total. The van der Waals surface area contributed by atoms with Crippen LogP contribution in [0.2, 0.25) is 0 Å². The van der Waals surface area contributed by atoms with Gasteiger partial charge in [0, 0.05) is 23.5 Å². The van der Waals surface area contributed by atoms with E-state index in [4.69, 9.17) is 11.6 Å². The van der Waals surface area contributed by atoms with Crippen LogP contribution in [0.5, 0.6) is 0 Å². The molecule has 0 saturated carbocycles. The molecule has 6 rings (SSSR count). The molecule has 210 valence electrons. The van der Waals surface area contributed by atoms with Gasteiger partial charge in [-0.2, -0.15) is 0 Å². The Morgan fingerprint density at radius 1 is 0.786 bits per heavy atom. The largest absolute Gasteiger partial charge is 0.397 e. The van der Waals surface area contributed by atoms with Gasteiger partial charge in [0.25, 0.3) is 0 Å². The van der Waals surface area contributed by atoms with Gasteiger partial charge < -0.3 is 16.2 Å². The van der Waals surface area contributed by atoms with Gasteiger partial charge in [-0.15, -0.1) is 10.6 Å². The molecule has 0 atom stereocenters. The van der Waals surface area contributed by atoms with Crippen LogP contribution in [0, 0.1) is 0 Å². The molecule has 0 aliphatic carbocycles. The molecule has 0 spiro atoms. The van der Waals surface area contributed by atoms with E-state index >= 15 is 0 Å². The molecule has 2 heterocycles. The van der Waals surface area contributed by atoms with E-state index in [9.17, 15) is 0 Å². The molecule has 1 aliphatic heterocycles. The van der Waals surface area contributed by atoms with E-state index in [-0.39, 0.29) is 0 Å². The summed E-state index contributed by atoms with van der Waals surface area (Å²) in [7, 11) is 0. The average molecular weight is 556 g/mol. The van der Waals surface area contributed by atoms with Crippen LogP contribution >= 0.6 is 0 Å². The number of hydrogen-bond acceptors (Lipinski definition) is 8. The number of nitrogens with one attached hydrogen (secondary N) is 2. The molecule has 9 nitrogen and oxygen atoms in total. The zero-order chi connectivity index (χ0) is 28.7. The first-order valence-electron chi connectivity index (χ1n) is 13.8. The molecule has 9 heteroatoms. The summed E-state index contributed by atoms with van der Waals surface area (Å²) >= 11 is 0. The van der Waals surface area contributed by atoms with Gasteiger partial charge in [-0.25, -0.2) is 10.5 Å². The zero-order valence-electron chi connectivity index (χ0n) is 23.1. The van der Waals surface area contributed by atoms with Crippen molar-refractivity contribution >= 4 is 11.4 Å². The highest BCUT2D eigenvalue weighted by molar-refractivity contribution is 5.64. The molecule has 42 heavy (non-hydrogen) atoms. The molecule has 5 aromatic rings. The third-order valence-corrected chi connectivity index (χ3v) is 6.90. The predicted molar refractivity (Wildman–Crippen MR) is 166 cm³/mol. The summed E-state index contributed by atoms with van der Waals surface area (Å²) in [6, 6.07) is 36.6. The van der Waals surface area contributed by atoms with E-state index < -0.39 is 0 Å². The third kappa shape index (κ3) is 6.67. The first-order chi connectivity index (χ1) is 20.6. The van der Waals surface area contributed by atoms with Crippen LogP contribution < -0.4 is 22.5 Å². The fourth-order valence-corrected chi connectivity index (χ4v) is 4.96. The van der Waals surface area contributed by atoms with Crippen LogP contribution in [0.15, 0.2) is 128 Å². The van der Waals surface area contributed by atoms with Gasteiger partial charge >= 0.3 is 0 Å². The van der Waals surface area contributed by atoms with Crippen LogP contribution in [0.25, 0.3) is 22.7 Å². The van der Waals surface area contributed by atoms with Gasteiger partial charge in [0.2, 0.25) is 0 Å². The van der Waals surface area contributed by atoms with E-state index in [0.717, 1.165) is 44.8 Å². The number of nitrogens with zero attached hydrogens (tertiary/aromatic N) is 5. The average Bonchev–Trinajstić information content (AvgIpc) is 3.68. The highest BCUT2D eigenvalue weighted by Gasteiger charge is 2.14. The van der Waals surface area contributed by atoms with Crippen molar-refractivity contribution in [1.82, 2.24) is 36.0 Å². The summed E-state index contributed by atoms with van der Waals surface area (Å²) in [5.41, 5.74) is 21.7. The summed E-state index contributed by atoms with van der Waals surface area (Å²) in [6.07, 6.45) is 5.82. The number of hydrazine groups is 3. The fourth-order valence-electron chi connectivity index (χ4n) is 4.96. The van der Waals surface area contributed by atoms with Crippen LogP contribution in [0.1, 0.15) is 27.8 Å². The first kappa shape index (κ1) is 26.8. The maximum Gasteiger partial charge on any atom is 0.113 e. The molecule has 1 aliphatic rings. The Labute approximate surface area is 245 Å². The van der Waals surface area contributed by atoms with E-state index in [0.29, 0.717) is 25.3 Å². The monoisotopic (exact) mass is 555 g/mol. The Hall–Kier alpha value is -5.38. The summed E-state index contributed by atoms with van der Waals surface area (Å²) in [5.74, 6) is 6.42. The standard InChI is InChI=1S/C33H33N9/c34-31(28-10-4-1-5-11-28)22-40(35)19-25-16-26(20-41-23-32(36-38-41)29-12-6-2-7-13-29)18-27(17-25)21-42-24-33(37-39-42)30-14-8-3-9-15-30/h1-18,22-24,36,38H,19-21,34-35H2/b31-22-. The Kier molecular flexibility index (Phi) is 7.93. The molecule has 0 unspecified atom stereocenters. The molecule has 0 bridgehead atoms. The van der Waals surface area contributed by atoms with Gasteiger partial charge in [0.05, 0.1) is 37.2 Å². The molecule has 0 fully saturated rings. The molecule has 4 aromatic carbocycles. The van der Waals surface area contributed by atoms with Crippen LogP contribution in [0.4, 0.5) is 0 Å². The Morgan fingerprint density at radius 2 is 1.40 bits per heavy atom. The molecular formula is C33H33N9. The minimum absolute atomic E-state index is 0.484. The third-order valence-electron chi connectivity index (χ3n) is 6.90. The number of benzene rings is 4. The number of rotatable bonds is 10. The second kappa shape index (κ2) is 12.4. The Balaban J connectivity index is 1.24. The van der Waals surface area contributed by atoms with Crippen molar-refractivity contribution in [3.63, 3.8) is 0 Å². The summed E-state index contributed by atoms with van der Waals surface area (Å²) in [5, 5.41) is 12.4. The van der Waals surface area contributed by atoms with Crippen molar-refractivity contribution in [3.05, 3.63) is 156 Å². The number of hydrogen-bond donors (Lipinski definition) is 4. The minimum Gasteiger partial charge on any atom is -0.397 e. The van der Waals surface area contributed by atoms with E-state index in [2.05, 4.69) is 57.8 Å². The second-order valence-electron chi connectivity index (χ2n) is 10.2. The number of nitrogens with two attached hydrogens (primary N) is 2. The molecular weight excluding hydrogens is 522 g/mol. The van der Waals surface area contributed by atoms with Crippen LogP contribution in [-0.4, -0.2) is 25.0 Å². The van der Waals surface area contributed by atoms with Gasteiger partial charge in [0.15, 0.2) is 0 Å². The molecule has 0 saturated heterocycles. The van der Waals surface area contributed by atoms with Gasteiger partial charge in [0.1, 0.15) is 5.69 Å². The van der Waals surface area contributed by atoms with E-state index in [1.807, 2.05) is 94.8 Å². The maximum absolute atomic E-state index is 6.42. The normalized spacial score (nSPS) is 13.1. The molecule has 0 radical (unpaired) electrons. The quantitative estimate of drug-likeness (QED) is 0.148. The second-order valence-corrected chi connectivity index (χ2v) is 10.2. The lowest BCUT2D eigenvalue weighted by atomic mass is 10.0. The topological polar surface area (TPSA) is 113 Å². The van der Waals surface area contributed by atoms with Gasteiger partial charge in [-0.1, -0.05) is 114 Å². The summed E-state index contributed by atoms with van der Waals surface area (Å²) in [4.78, 5) is 0. The zero-order valence-corrected chi connectivity index (χ0v) is 23.1. The van der Waals surface area contributed by atoms with Crippen LogP contribution in [0.3, 0.4) is 0 Å². The minimum atomic E-state index is 0.484. The van der Waals surface area contributed by atoms with Gasteiger partial charge in [-0.3, -0.25) is 5.01 Å². The highest BCUT2D eigenvalue weighted by atomic mass is 15.7. The SMILES string of the molecule is N/C(=C\N(N)Cc1cc(CN2C=C(c3ccccc3)NN2)cc(Cn2cc(-c3ccccc3)nn2)c1)c1ccccc1. The van der Waals surface area contributed by atoms with Crippen molar-refractivity contribution < 1.29 is 0 Å². The highest BCUT2D eigenvalue weighted by Crippen LogP contribution is 2.20. The van der Waals surface area contributed by atoms with E-state index in [1.54, 1.807) is 11.2 Å². The van der Waals surface area contributed by atoms with Crippen molar-refractivity contribution in [1.29, 1.82) is 0 Å². The van der Waals surface area contributed by atoms with E-state index in [1.165, 1.54) is 0 Å². The smallest absolute Gasteiger partial charge is 0.113 e. The molecule has 1 aromatic heterocycles. The predicted octanol–water partition coefficient (Wildman–Crippen LogP) is 4.45. The fraction of sp³-hybridized carbons (Fsp3) is 0.0909. The molecule has 0 amide bonds. The summed E-state index contributed by atoms with van der Waals surface area (Å²) in [6.45, 7) is 1.70. The van der Waals surface area contributed by atoms with Gasteiger partial charge in [-0.05, 0) is 22.3 Å². The lowest BCUT2D eigenvalue weighted by molar-refractivity contribution is 0.264. The van der Waals surface area contributed by atoms with Crippen molar-refractivity contribution in [3.8, 4) is 11.3 Å².